The number of amides is 3. The van der Waals surface area contributed by atoms with E-state index in [0.717, 1.165) is 42.7 Å². The molecule has 3 aromatic rings. The number of methoxy groups -OCH3 is 1. The van der Waals surface area contributed by atoms with Gasteiger partial charge < -0.3 is 24.0 Å². The second-order valence-corrected chi connectivity index (χ2v) is 13.5. The number of imidazole rings is 1. The lowest BCUT2D eigenvalue weighted by Crippen LogP contribution is -2.47. The van der Waals surface area contributed by atoms with Gasteiger partial charge in [0.2, 0.25) is 5.91 Å². The van der Waals surface area contributed by atoms with Crippen LogP contribution >= 0.6 is 0 Å². The topological polar surface area (TPSA) is 116 Å². The zero-order valence-electron chi connectivity index (χ0n) is 28.4. The highest BCUT2D eigenvalue weighted by molar-refractivity contribution is 6.00. The standard InChI is InChI=1S/C35H47N5O7/c1-35(2,3)47-34(44)36(4)19-20-46-23-25-15-17-38(18-16-25)26-9-12-28-30(21-26)37(5)33(43)40(28)29-13-14-31(41)39(32(29)42)22-24-7-10-27(45-6)11-8-24/h7-12,21,25,29H,13-20,22-23H2,1-6H3. The Morgan fingerprint density at radius 2 is 1.68 bits per heavy atom. The molecule has 0 spiro atoms. The van der Waals surface area contributed by atoms with Gasteiger partial charge in [-0.15, -0.1) is 0 Å². The summed E-state index contributed by atoms with van der Waals surface area (Å²) in [5.41, 5.74) is 2.46. The number of nitrogens with zero attached hydrogens (tertiary/aromatic N) is 5. The van der Waals surface area contributed by atoms with E-state index in [1.54, 1.807) is 42.5 Å². The van der Waals surface area contributed by atoms with E-state index in [4.69, 9.17) is 14.2 Å². The number of piperidine rings is 2. The minimum atomic E-state index is -0.757. The number of rotatable bonds is 10. The van der Waals surface area contributed by atoms with Crippen molar-refractivity contribution in [2.24, 2.45) is 13.0 Å². The number of aromatic nitrogens is 2. The van der Waals surface area contributed by atoms with Crippen molar-refractivity contribution in [3.8, 4) is 5.75 Å². The fourth-order valence-electron chi connectivity index (χ4n) is 6.23. The van der Waals surface area contributed by atoms with E-state index in [1.807, 2.05) is 51.1 Å². The van der Waals surface area contributed by atoms with Crippen molar-refractivity contribution in [3.63, 3.8) is 0 Å². The summed E-state index contributed by atoms with van der Waals surface area (Å²) in [6.45, 7) is 8.96. The van der Waals surface area contributed by atoms with Crippen LogP contribution in [0.2, 0.25) is 0 Å². The van der Waals surface area contributed by atoms with Crippen LogP contribution in [0.15, 0.2) is 47.3 Å². The first-order valence-electron chi connectivity index (χ1n) is 16.3. The molecule has 5 rings (SSSR count). The minimum Gasteiger partial charge on any atom is -0.497 e. The van der Waals surface area contributed by atoms with Crippen LogP contribution in [0.25, 0.3) is 11.0 Å². The molecule has 0 bridgehead atoms. The van der Waals surface area contributed by atoms with Crippen LogP contribution in [-0.2, 0) is 32.7 Å². The highest BCUT2D eigenvalue weighted by Gasteiger charge is 2.37. The summed E-state index contributed by atoms with van der Waals surface area (Å²) < 4.78 is 19.7. The molecule has 254 valence electrons. The van der Waals surface area contributed by atoms with Crippen molar-refractivity contribution < 1.29 is 28.6 Å². The molecule has 0 saturated carbocycles. The summed E-state index contributed by atoms with van der Waals surface area (Å²) in [4.78, 5) is 57.3. The van der Waals surface area contributed by atoms with E-state index in [2.05, 4.69) is 4.90 Å². The third kappa shape index (κ3) is 7.81. The van der Waals surface area contributed by atoms with Gasteiger partial charge in [-0.1, -0.05) is 12.1 Å². The zero-order valence-corrected chi connectivity index (χ0v) is 28.4. The summed E-state index contributed by atoms with van der Waals surface area (Å²) in [7, 11) is 5.02. The summed E-state index contributed by atoms with van der Waals surface area (Å²) in [6, 6.07) is 12.4. The molecule has 2 fully saturated rings. The lowest BCUT2D eigenvalue weighted by Gasteiger charge is -2.34. The number of anilines is 1. The van der Waals surface area contributed by atoms with Crippen LogP contribution in [0.3, 0.4) is 0 Å². The lowest BCUT2D eigenvalue weighted by molar-refractivity contribution is -0.151. The number of likely N-dealkylation sites (N-methyl/N-ethyl adjacent to an activating group) is 1. The average Bonchev–Trinajstić information content (AvgIpc) is 3.29. The number of fused-ring (bicyclic) bond motifs is 1. The molecule has 3 amide bonds. The van der Waals surface area contributed by atoms with Gasteiger partial charge in [-0.2, -0.15) is 0 Å². The third-order valence-electron chi connectivity index (χ3n) is 8.98. The van der Waals surface area contributed by atoms with E-state index in [9.17, 15) is 19.2 Å². The maximum absolute atomic E-state index is 13.7. The Labute approximate surface area is 275 Å². The molecule has 0 N–H and O–H groups in total. The normalized spacial score (nSPS) is 17.8. The molecule has 47 heavy (non-hydrogen) atoms. The number of imide groups is 1. The minimum absolute atomic E-state index is 0.145. The molecule has 1 atom stereocenters. The first kappa shape index (κ1) is 34.0. The Morgan fingerprint density at radius 3 is 2.34 bits per heavy atom. The number of hydrogen-bond acceptors (Lipinski definition) is 8. The summed E-state index contributed by atoms with van der Waals surface area (Å²) in [6.07, 6.45) is 2.05. The monoisotopic (exact) mass is 649 g/mol. The summed E-state index contributed by atoms with van der Waals surface area (Å²) in [5, 5.41) is 0. The Balaban J connectivity index is 1.20. The Kier molecular flexibility index (Phi) is 10.3. The number of benzene rings is 2. The molecule has 1 unspecified atom stereocenters. The Hall–Kier alpha value is -4.32. The average molecular weight is 650 g/mol. The van der Waals surface area contributed by atoms with Gasteiger partial charge in [0.25, 0.3) is 5.91 Å². The fourth-order valence-corrected chi connectivity index (χ4v) is 6.23. The molecule has 3 heterocycles. The van der Waals surface area contributed by atoms with Crippen molar-refractivity contribution in [3.05, 3.63) is 58.5 Å². The summed E-state index contributed by atoms with van der Waals surface area (Å²) >= 11 is 0. The van der Waals surface area contributed by atoms with Gasteiger partial charge in [0.15, 0.2) is 0 Å². The molecule has 0 aliphatic carbocycles. The number of aryl methyl sites for hydroxylation is 1. The Morgan fingerprint density at radius 1 is 0.979 bits per heavy atom. The molecule has 12 nitrogen and oxygen atoms in total. The molecule has 2 aliphatic heterocycles. The quantitative estimate of drug-likeness (QED) is 0.235. The van der Waals surface area contributed by atoms with Gasteiger partial charge in [0.1, 0.15) is 17.4 Å². The third-order valence-corrected chi connectivity index (χ3v) is 8.98. The molecule has 2 saturated heterocycles. The molecule has 1 aromatic heterocycles. The smallest absolute Gasteiger partial charge is 0.410 e. The van der Waals surface area contributed by atoms with Crippen LogP contribution < -0.4 is 15.3 Å². The molecule has 12 heteroatoms. The van der Waals surface area contributed by atoms with Gasteiger partial charge in [0.05, 0.1) is 31.3 Å². The van der Waals surface area contributed by atoms with Crippen molar-refractivity contribution in [1.29, 1.82) is 0 Å². The van der Waals surface area contributed by atoms with Crippen LogP contribution in [0.1, 0.15) is 58.1 Å². The highest BCUT2D eigenvalue weighted by atomic mass is 16.6. The first-order valence-corrected chi connectivity index (χ1v) is 16.3. The van der Waals surface area contributed by atoms with Gasteiger partial charge in [-0.3, -0.25) is 23.6 Å². The molecule has 0 radical (unpaired) electrons. The van der Waals surface area contributed by atoms with Crippen LogP contribution in [0, 0.1) is 5.92 Å². The van der Waals surface area contributed by atoms with Crippen LogP contribution in [0.4, 0.5) is 10.5 Å². The molecular weight excluding hydrogens is 602 g/mol. The van der Waals surface area contributed by atoms with Gasteiger partial charge in [-0.05, 0) is 81.8 Å². The Bertz CT molecular complexity index is 1650. The van der Waals surface area contributed by atoms with E-state index in [0.29, 0.717) is 36.9 Å². The number of hydrogen-bond donors (Lipinski definition) is 0. The van der Waals surface area contributed by atoms with Crippen molar-refractivity contribution in [2.45, 2.75) is 64.6 Å². The van der Waals surface area contributed by atoms with Gasteiger partial charge in [0, 0.05) is 52.4 Å². The van der Waals surface area contributed by atoms with Crippen molar-refractivity contribution in [1.82, 2.24) is 18.9 Å². The molecule has 2 aliphatic rings. The van der Waals surface area contributed by atoms with E-state index in [-0.39, 0.29) is 43.0 Å². The van der Waals surface area contributed by atoms with Gasteiger partial charge in [-0.25, -0.2) is 9.59 Å². The SMILES string of the molecule is COc1ccc(CN2C(=O)CCC(n3c(=O)n(C)c4cc(N5CCC(COCCN(C)C(=O)OC(C)(C)C)CC5)ccc43)C2=O)cc1. The zero-order chi connectivity index (χ0) is 33.9. The largest absolute Gasteiger partial charge is 0.497 e. The predicted octanol–water partition coefficient (Wildman–Crippen LogP) is 4.34. The number of carbonyl (C=O) groups is 3. The van der Waals surface area contributed by atoms with Crippen molar-refractivity contribution in [2.75, 3.05) is 51.9 Å². The fraction of sp³-hybridized carbons (Fsp3) is 0.543. The maximum atomic E-state index is 13.7. The second-order valence-electron chi connectivity index (χ2n) is 13.5. The van der Waals surface area contributed by atoms with Crippen molar-refractivity contribution >= 4 is 34.6 Å². The second kappa shape index (κ2) is 14.2. The van der Waals surface area contributed by atoms with E-state index < -0.39 is 11.6 Å². The van der Waals surface area contributed by atoms with Crippen LogP contribution in [-0.4, -0.2) is 89.4 Å². The molecule has 2 aromatic carbocycles. The molecular formula is C35H47N5O7. The van der Waals surface area contributed by atoms with Gasteiger partial charge >= 0.3 is 11.8 Å². The van der Waals surface area contributed by atoms with Crippen LogP contribution in [0.5, 0.6) is 5.75 Å². The first-order chi connectivity index (χ1) is 22.4. The maximum Gasteiger partial charge on any atom is 0.410 e. The predicted molar refractivity (Wildman–Crippen MR) is 179 cm³/mol. The summed E-state index contributed by atoms with van der Waals surface area (Å²) in [5.74, 6) is 0.518. The number of carbonyl (C=O) groups excluding carboxylic acids is 3. The van der Waals surface area contributed by atoms with E-state index >= 15 is 0 Å². The number of likely N-dealkylation sites (tertiary alicyclic amines) is 1. The number of ether oxygens (including phenoxy) is 3. The highest BCUT2D eigenvalue weighted by Crippen LogP contribution is 2.31. The lowest BCUT2D eigenvalue weighted by atomic mass is 9.97. The van der Waals surface area contributed by atoms with E-state index in [1.165, 1.54) is 9.80 Å².